The van der Waals surface area contributed by atoms with Gasteiger partial charge < -0.3 is 33.9 Å². The minimum absolute atomic E-state index is 0.0294. The van der Waals surface area contributed by atoms with Crippen molar-refractivity contribution in [2.24, 2.45) is 0 Å². The molecule has 12 nitrogen and oxygen atoms in total. The fourth-order valence-corrected chi connectivity index (χ4v) is 4.24. The first-order valence-corrected chi connectivity index (χ1v) is 12.6. The smallest absolute Gasteiger partial charge is 0.312 e. The predicted octanol–water partition coefficient (Wildman–Crippen LogP) is 2.22. The molecule has 0 saturated carbocycles. The third-order valence-corrected chi connectivity index (χ3v) is 6.20. The van der Waals surface area contributed by atoms with Gasteiger partial charge in [0, 0.05) is 32.2 Å². The van der Waals surface area contributed by atoms with Gasteiger partial charge in [-0.05, 0) is 50.6 Å². The molecule has 2 N–H and O–H groups in total. The van der Waals surface area contributed by atoms with Crippen LogP contribution in [0.4, 0.5) is 4.39 Å². The number of hydrogen-bond acceptors (Lipinski definition) is 9. The third-order valence-electron chi connectivity index (χ3n) is 6.20. The van der Waals surface area contributed by atoms with Gasteiger partial charge in [-0.3, -0.25) is 14.4 Å². The van der Waals surface area contributed by atoms with Crippen molar-refractivity contribution in [2.45, 2.75) is 32.2 Å². The average Bonchev–Trinajstić information content (AvgIpc) is 3.55. The van der Waals surface area contributed by atoms with Gasteiger partial charge in [0.1, 0.15) is 24.0 Å². The van der Waals surface area contributed by atoms with Crippen LogP contribution in [0.1, 0.15) is 36.2 Å². The van der Waals surface area contributed by atoms with Crippen molar-refractivity contribution in [3.05, 3.63) is 54.1 Å². The second kappa shape index (κ2) is 13.0. The molecule has 2 aromatic heterocycles. The number of carbonyl (C=O) groups excluding carboxylic acids is 2. The average molecular weight is 544 g/mol. The van der Waals surface area contributed by atoms with E-state index in [9.17, 15) is 18.8 Å². The number of furan rings is 1. The van der Waals surface area contributed by atoms with Gasteiger partial charge in [0.2, 0.25) is 17.6 Å². The Morgan fingerprint density at radius 2 is 2.05 bits per heavy atom. The highest BCUT2D eigenvalue weighted by molar-refractivity contribution is 5.95. The zero-order chi connectivity index (χ0) is 27.8. The predicted molar refractivity (Wildman–Crippen MR) is 134 cm³/mol. The van der Waals surface area contributed by atoms with E-state index < -0.39 is 30.2 Å². The lowest BCUT2D eigenvalue weighted by Gasteiger charge is -2.25. The van der Waals surface area contributed by atoms with Crippen LogP contribution in [0.25, 0.3) is 11.4 Å². The summed E-state index contributed by atoms with van der Waals surface area (Å²) in [6, 6.07) is 6.77. The number of aromatic nitrogens is 2. The van der Waals surface area contributed by atoms with Gasteiger partial charge in [-0.15, -0.1) is 0 Å². The molecule has 1 aliphatic heterocycles. The zero-order valence-electron chi connectivity index (χ0n) is 21.5. The summed E-state index contributed by atoms with van der Waals surface area (Å²) in [6.45, 7) is 5.48. The fourth-order valence-electron chi connectivity index (χ4n) is 4.24. The first-order valence-electron chi connectivity index (χ1n) is 12.6. The summed E-state index contributed by atoms with van der Waals surface area (Å²) >= 11 is 0. The Bertz CT molecular complexity index is 1280. The second-order valence-electron chi connectivity index (χ2n) is 9.12. The highest BCUT2D eigenvalue weighted by Crippen LogP contribution is 2.24. The molecule has 3 aromatic rings. The number of rotatable bonds is 11. The lowest BCUT2D eigenvalue weighted by atomic mass is 10.2. The molecule has 0 unspecified atom stereocenters. The van der Waals surface area contributed by atoms with E-state index in [0.717, 1.165) is 19.5 Å². The summed E-state index contributed by atoms with van der Waals surface area (Å²) in [5.74, 6) is -1.91. The lowest BCUT2D eigenvalue weighted by molar-refractivity contribution is -0.136. The molecule has 1 atom stereocenters. The van der Waals surface area contributed by atoms with Crippen LogP contribution in [0.2, 0.25) is 0 Å². The van der Waals surface area contributed by atoms with Gasteiger partial charge in [-0.1, -0.05) is 5.16 Å². The number of carboxylic acid groups (broad SMARTS) is 1. The van der Waals surface area contributed by atoms with Crippen LogP contribution in [-0.4, -0.2) is 88.2 Å². The van der Waals surface area contributed by atoms with Crippen LogP contribution in [0.3, 0.4) is 0 Å². The summed E-state index contributed by atoms with van der Waals surface area (Å²) in [5, 5.41) is 15.1. The normalized spacial score (nSPS) is 15.0. The van der Waals surface area contributed by atoms with Crippen molar-refractivity contribution >= 4 is 17.8 Å². The van der Waals surface area contributed by atoms with Crippen LogP contribution < -0.4 is 10.1 Å². The van der Waals surface area contributed by atoms with E-state index >= 15 is 0 Å². The number of nitrogens with zero attached hydrogens (tertiary/aromatic N) is 4. The quantitative estimate of drug-likeness (QED) is 0.345. The molecule has 0 spiro atoms. The third kappa shape index (κ3) is 7.63. The first kappa shape index (κ1) is 27.8. The molecular formula is C26H30FN5O7. The van der Waals surface area contributed by atoms with Crippen molar-refractivity contribution in [3.8, 4) is 17.1 Å². The van der Waals surface area contributed by atoms with Crippen LogP contribution in [0.5, 0.6) is 5.75 Å². The van der Waals surface area contributed by atoms with Crippen LogP contribution in [-0.2, 0) is 16.0 Å². The standard InChI is InChI=1S/C26H30FN5O7/c1-17(28-25(35)21-5-2-13-38-21)26(36)32-10-3-8-31(11-12-32)9-4-14-37-18-6-7-19(20(27)15-18)24-29-22(39-30-24)16-23(33)34/h2,5-7,13,15,17H,3-4,8-12,14,16H2,1H3,(H,28,35)(H,33,34)/t17-/m0/s1. The molecule has 1 fully saturated rings. The maximum atomic E-state index is 14.6. The summed E-state index contributed by atoms with van der Waals surface area (Å²) < 4.78 is 30.2. The highest BCUT2D eigenvalue weighted by Gasteiger charge is 2.25. The van der Waals surface area contributed by atoms with E-state index in [-0.39, 0.29) is 28.9 Å². The van der Waals surface area contributed by atoms with E-state index in [1.807, 2.05) is 0 Å². The zero-order valence-corrected chi connectivity index (χ0v) is 21.5. The van der Waals surface area contributed by atoms with Crippen molar-refractivity contribution < 1.29 is 37.6 Å². The Morgan fingerprint density at radius 3 is 2.79 bits per heavy atom. The minimum Gasteiger partial charge on any atom is -0.493 e. The van der Waals surface area contributed by atoms with Gasteiger partial charge in [-0.2, -0.15) is 4.98 Å². The number of carbonyl (C=O) groups is 3. The number of ether oxygens (including phenoxy) is 1. The number of hydrogen-bond donors (Lipinski definition) is 2. The first-order chi connectivity index (χ1) is 18.8. The number of carboxylic acids is 1. The second-order valence-corrected chi connectivity index (χ2v) is 9.12. The van der Waals surface area contributed by atoms with E-state index in [1.54, 1.807) is 30.0 Å². The van der Waals surface area contributed by atoms with Gasteiger partial charge in [0.15, 0.2) is 5.76 Å². The molecular weight excluding hydrogens is 513 g/mol. The Balaban J connectivity index is 1.18. The Kier molecular flexibility index (Phi) is 9.26. The minimum atomic E-state index is -1.12. The van der Waals surface area contributed by atoms with Crippen molar-refractivity contribution in [1.82, 2.24) is 25.3 Å². The van der Waals surface area contributed by atoms with Crippen LogP contribution >= 0.6 is 0 Å². The van der Waals surface area contributed by atoms with E-state index in [1.165, 1.54) is 18.4 Å². The Hall–Kier alpha value is -4.26. The van der Waals surface area contributed by atoms with Crippen LogP contribution in [0, 0.1) is 5.82 Å². The van der Waals surface area contributed by atoms with E-state index in [0.29, 0.717) is 38.4 Å². The summed E-state index contributed by atoms with van der Waals surface area (Å²) in [7, 11) is 0. The van der Waals surface area contributed by atoms with Crippen LogP contribution in [0.15, 0.2) is 45.5 Å². The summed E-state index contributed by atoms with van der Waals surface area (Å²) in [4.78, 5) is 43.7. The topological polar surface area (TPSA) is 151 Å². The largest absolute Gasteiger partial charge is 0.493 e. The SMILES string of the molecule is C[C@H](NC(=O)c1ccco1)C(=O)N1CCCN(CCCOc2ccc(-c3noc(CC(=O)O)n3)c(F)c2)CC1. The lowest BCUT2D eigenvalue weighted by Crippen LogP contribution is -2.48. The summed E-state index contributed by atoms with van der Waals surface area (Å²) in [6.07, 6.45) is 2.48. The van der Waals surface area contributed by atoms with Gasteiger partial charge in [0.25, 0.3) is 5.91 Å². The number of aliphatic carboxylic acids is 1. The number of amides is 2. The molecule has 13 heteroatoms. The molecule has 1 saturated heterocycles. The number of halogens is 1. The summed E-state index contributed by atoms with van der Waals surface area (Å²) in [5.41, 5.74) is 0.0845. The molecule has 1 aromatic carbocycles. The van der Waals surface area contributed by atoms with Crippen molar-refractivity contribution in [2.75, 3.05) is 39.3 Å². The van der Waals surface area contributed by atoms with Crippen molar-refractivity contribution in [3.63, 3.8) is 0 Å². The molecule has 208 valence electrons. The Morgan fingerprint density at radius 1 is 1.21 bits per heavy atom. The fraction of sp³-hybridized carbons (Fsp3) is 0.423. The molecule has 1 aliphatic rings. The molecule has 2 amide bonds. The molecule has 4 rings (SSSR count). The van der Waals surface area contributed by atoms with Gasteiger partial charge in [-0.25, -0.2) is 4.39 Å². The van der Waals surface area contributed by atoms with E-state index in [2.05, 4.69) is 20.4 Å². The monoisotopic (exact) mass is 543 g/mol. The Labute approximate surface area is 223 Å². The molecule has 0 aliphatic carbocycles. The number of benzene rings is 1. The maximum Gasteiger partial charge on any atom is 0.312 e. The van der Waals surface area contributed by atoms with E-state index in [4.69, 9.17) is 18.8 Å². The molecule has 0 radical (unpaired) electrons. The van der Waals surface area contributed by atoms with Gasteiger partial charge >= 0.3 is 5.97 Å². The maximum absolute atomic E-state index is 14.6. The molecule has 39 heavy (non-hydrogen) atoms. The van der Waals surface area contributed by atoms with Crippen molar-refractivity contribution in [1.29, 1.82) is 0 Å². The number of nitrogens with one attached hydrogen (secondary N) is 1. The highest BCUT2D eigenvalue weighted by atomic mass is 19.1. The van der Waals surface area contributed by atoms with Gasteiger partial charge in [0.05, 0.1) is 18.4 Å². The molecule has 3 heterocycles. The molecule has 0 bridgehead atoms.